The zero-order valence-electron chi connectivity index (χ0n) is 11.6. The molecular formula is C14H13ClF3N3O. The quantitative estimate of drug-likeness (QED) is 0.859. The summed E-state index contributed by atoms with van der Waals surface area (Å²) in [6.07, 6.45) is -2.54. The minimum atomic E-state index is -4.29. The van der Waals surface area contributed by atoms with Crippen LogP contribution < -0.4 is 0 Å². The topological polar surface area (TPSA) is 38.1 Å². The fourth-order valence-electron chi connectivity index (χ4n) is 1.78. The van der Waals surface area contributed by atoms with Gasteiger partial charge in [-0.3, -0.25) is 4.79 Å². The van der Waals surface area contributed by atoms with E-state index in [4.69, 9.17) is 11.6 Å². The smallest absolute Gasteiger partial charge is 0.341 e. The molecule has 8 heteroatoms. The molecule has 0 aliphatic heterocycles. The minimum absolute atomic E-state index is 0.222. The van der Waals surface area contributed by atoms with E-state index < -0.39 is 25.0 Å². The van der Waals surface area contributed by atoms with Crippen LogP contribution in [-0.2, 0) is 0 Å². The molecule has 1 heterocycles. The van der Waals surface area contributed by atoms with Gasteiger partial charge in [0.2, 0.25) is 0 Å². The van der Waals surface area contributed by atoms with E-state index in [0.29, 0.717) is 10.7 Å². The zero-order valence-corrected chi connectivity index (χ0v) is 12.4. The van der Waals surface area contributed by atoms with Gasteiger partial charge in [0.25, 0.3) is 5.91 Å². The van der Waals surface area contributed by atoms with Gasteiger partial charge in [-0.2, -0.15) is 18.3 Å². The van der Waals surface area contributed by atoms with Crippen molar-refractivity contribution in [3.05, 3.63) is 47.2 Å². The molecule has 1 amide bonds. The number of amides is 1. The number of halogens is 4. The number of rotatable bonds is 4. The van der Waals surface area contributed by atoms with E-state index in [2.05, 4.69) is 5.10 Å². The molecule has 2 rings (SSSR count). The first-order valence-electron chi connectivity index (χ1n) is 6.39. The van der Waals surface area contributed by atoms with E-state index in [9.17, 15) is 18.0 Å². The van der Waals surface area contributed by atoms with E-state index in [1.807, 2.05) is 0 Å². The maximum atomic E-state index is 12.2. The Hall–Kier alpha value is -2.02. The monoisotopic (exact) mass is 331 g/mol. The van der Waals surface area contributed by atoms with Crippen molar-refractivity contribution >= 4 is 17.5 Å². The van der Waals surface area contributed by atoms with Crippen LogP contribution in [0.15, 0.2) is 36.7 Å². The SMILES string of the molecule is CN(CCC(F)(F)F)C(=O)c1cnn(-c2ccc(Cl)cc2)c1. The third-order valence-electron chi connectivity index (χ3n) is 3.00. The molecule has 118 valence electrons. The summed E-state index contributed by atoms with van der Waals surface area (Å²) >= 11 is 5.79. The lowest BCUT2D eigenvalue weighted by Crippen LogP contribution is -2.30. The van der Waals surface area contributed by atoms with E-state index in [-0.39, 0.29) is 5.56 Å². The molecule has 1 aromatic carbocycles. The minimum Gasteiger partial charge on any atom is -0.341 e. The molecule has 0 spiro atoms. The first-order chi connectivity index (χ1) is 10.3. The lowest BCUT2D eigenvalue weighted by molar-refractivity contribution is -0.136. The summed E-state index contributed by atoms with van der Waals surface area (Å²) in [5.41, 5.74) is 0.918. The molecule has 0 radical (unpaired) electrons. The van der Waals surface area contributed by atoms with Gasteiger partial charge < -0.3 is 4.90 Å². The largest absolute Gasteiger partial charge is 0.390 e. The number of aromatic nitrogens is 2. The van der Waals surface area contributed by atoms with Crippen LogP contribution in [0, 0.1) is 0 Å². The molecule has 0 aliphatic rings. The van der Waals surface area contributed by atoms with Crippen LogP contribution in [0.4, 0.5) is 13.2 Å². The predicted molar refractivity (Wildman–Crippen MR) is 76.2 cm³/mol. The third-order valence-corrected chi connectivity index (χ3v) is 3.25. The first kappa shape index (κ1) is 16.4. The highest BCUT2D eigenvalue weighted by Gasteiger charge is 2.28. The second-order valence-electron chi connectivity index (χ2n) is 4.74. The lowest BCUT2D eigenvalue weighted by atomic mass is 10.3. The Balaban J connectivity index is 2.07. The third kappa shape index (κ3) is 4.24. The Kier molecular flexibility index (Phi) is 4.75. The molecule has 0 saturated carbocycles. The fourth-order valence-corrected chi connectivity index (χ4v) is 1.91. The number of alkyl halides is 3. The van der Waals surface area contributed by atoms with Gasteiger partial charge in [0.1, 0.15) is 0 Å². The van der Waals surface area contributed by atoms with Gasteiger partial charge >= 0.3 is 6.18 Å². The molecule has 0 aliphatic carbocycles. The van der Waals surface area contributed by atoms with Crippen molar-refractivity contribution in [2.75, 3.05) is 13.6 Å². The van der Waals surface area contributed by atoms with Crippen LogP contribution in [0.3, 0.4) is 0 Å². The van der Waals surface area contributed by atoms with Crippen LogP contribution in [0.1, 0.15) is 16.8 Å². The summed E-state index contributed by atoms with van der Waals surface area (Å²) in [6, 6.07) is 6.79. The average Bonchev–Trinajstić information content (AvgIpc) is 2.93. The van der Waals surface area contributed by atoms with E-state index in [1.54, 1.807) is 24.3 Å². The first-order valence-corrected chi connectivity index (χ1v) is 6.77. The van der Waals surface area contributed by atoms with Gasteiger partial charge in [-0.25, -0.2) is 4.68 Å². The molecule has 0 N–H and O–H groups in total. The summed E-state index contributed by atoms with van der Waals surface area (Å²) in [5.74, 6) is -0.510. The van der Waals surface area contributed by atoms with Crippen molar-refractivity contribution in [3.63, 3.8) is 0 Å². The number of carbonyl (C=O) groups excluding carboxylic acids is 1. The summed E-state index contributed by atoms with van der Waals surface area (Å²) < 4.78 is 38.0. The molecule has 0 bridgehead atoms. The highest BCUT2D eigenvalue weighted by molar-refractivity contribution is 6.30. The molecule has 1 aromatic heterocycles. The normalized spacial score (nSPS) is 11.5. The van der Waals surface area contributed by atoms with Crippen LogP contribution >= 0.6 is 11.6 Å². The molecule has 4 nitrogen and oxygen atoms in total. The second kappa shape index (κ2) is 6.39. The second-order valence-corrected chi connectivity index (χ2v) is 5.18. The van der Waals surface area contributed by atoms with Crippen molar-refractivity contribution < 1.29 is 18.0 Å². The van der Waals surface area contributed by atoms with Crippen molar-refractivity contribution in [2.24, 2.45) is 0 Å². The summed E-state index contributed by atoms with van der Waals surface area (Å²) in [6.45, 7) is -0.394. The Labute approximate surface area is 130 Å². The van der Waals surface area contributed by atoms with Gasteiger partial charge in [0.15, 0.2) is 0 Å². The number of nitrogens with zero attached hydrogens (tertiary/aromatic N) is 3. The molecular weight excluding hydrogens is 319 g/mol. The zero-order chi connectivity index (χ0) is 16.3. The highest BCUT2D eigenvalue weighted by Crippen LogP contribution is 2.20. The van der Waals surface area contributed by atoms with E-state index in [0.717, 1.165) is 4.90 Å². The van der Waals surface area contributed by atoms with Crippen LogP contribution in [0.2, 0.25) is 5.02 Å². The van der Waals surface area contributed by atoms with Gasteiger partial charge in [-0.1, -0.05) is 11.6 Å². The van der Waals surface area contributed by atoms with Crippen molar-refractivity contribution in [1.82, 2.24) is 14.7 Å². The molecule has 22 heavy (non-hydrogen) atoms. The summed E-state index contributed by atoms with van der Waals surface area (Å²) in [5, 5.41) is 4.60. The Morgan fingerprint density at radius 3 is 2.55 bits per heavy atom. The summed E-state index contributed by atoms with van der Waals surface area (Å²) in [4.78, 5) is 13.1. The predicted octanol–water partition coefficient (Wildman–Crippen LogP) is 3.55. The molecule has 2 aromatic rings. The van der Waals surface area contributed by atoms with Crippen molar-refractivity contribution in [1.29, 1.82) is 0 Å². The number of hydrogen-bond acceptors (Lipinski definition) is 2. The fraction of sp³-hybridized carbons (Fsp3) is 0.286. The van der Waals surface area contributed by atoms with Crippen molar-refractivity contribution in [2.45, 2.75) is 12.6 Å². The van der Waals surface area contributed by atoms with Crippen LogP contribution in [-0.4, -0.2) is 40.4 Å². The lowest BCUT2D eigenvalue weighted by Gasteiger charge is -2.17. The van der Waals surface area contributed by atoms with Gasteiger partial charge in [-0.05, 0) is 24.3 Å². The maximum Gasteiger partial charge on any atom is 0.390 e. The van der Waals surface area contributed by atoms with E-state index >= 15 is 0 Å². The van der Waals surface area contributed by atoms with Crippen LogP contribution in [0.5, 0.6) is 0 Å². The average molecular weight is 332 g/mol. The molecule has 0 unspecified atom stereocenters. The van der Waals surface area contributed by atoms with Gasteiger partial charge in [-0.15, -0.1) is 0 Å². The molecule has 0 saturated heterocycles. The van der Waals surface area contributed by atoms with Crippen molar-refractivity contribution in [3.8, 4) is 5.69 Å². The Morgan fingerprint density at radius 1 is 1.32 bits per heavy atom. The van der Waals surface area contributed by atoms with Gasteiger partial charge in [0.05, 0.1) is 23.9 Å². The number of carbonyl (C=O) groups is 1. The Morgan fingerprint density at radius 2 is 1.95 bits per heavy atom. The van der Waals surface area contributed by atoms with Gasteiger partial charge in [0, 0.05) is 24.8 Å². The number of hydrogen-bond donors (Lipinski definition) is 0. The van der Waals surface area contributed by atoms with Crippen LogP contribution in [0.25, 0.3) is 5.69 Å². The Bertz CT molecular complexity index is 652. The highest BCUT2D eigenvalue weighted by atomic mass is 35.5. The molecule has 0 fully saturated rings. The van der Waals surface area contributed by atoms with E-state index in [1.165, 1.54) is 24.1 Å². The maximum absolute atomic E-state index is 12.2. The standard InChI is InChI=1S/C14H13ClF3N3O/c1-20(7-6-14(16,17)18)13(22)10-8-19-21(9-10)12-4-2-11(15)3-5-12/h2-5,8-9H,6-7H2,1H3. The summed E-state index contributed by atoms with van der Waals surface area (Å²) in [7, 11) is 1.33. The molecule has 0 atom stereocenters. The number of benzene rings is 1.